The topological polar surface area (TPSA) is 82.6 Å². The number of benzene rings is 3. The van der Waals surface area contributed by atoms with E-state index in [1.54, 1.807) is 111 Å². The maximum absolute atomic E-state index is 13.9. The van der Waals surface area contributed by atoms with Crippen molar-refractivity contribution in [3.8, 4) is 11.5 Å². The van der Waals surface area contributed by atoms with Gasteiger partial charge in [-0.15, -0.1) is 0 Å². The molecule has 9 nitrogen and oxygen atoms in total. The summed E-state index contributed by atoms with van der Waals surface area (Å²) in [5.41, 5.74) is 1.25. The van der Waals surface area contributed by atoms with E-state index >= 15 is 0 Å². The first-order valence-corrected chi connectivity index (χ1v) is 11.9. The van der Waals surface area contributed by atoms with Gasteiger partial charge in [-0.25, -0.2) is 24.6 Å². The summed E-state index contributed by atoms with van der Waals surface area (Å²) in [6.07, 6.45) is 1.39. The largest absolute Gasteiger partial charge is 0.462 e. The third-order valence-corrected chi connectivity index (χ3v) is 6.62. The first-order chi connectivity index (χ1) is 16.3. The second-order valence-corrected chi connectivity index (χ2v) is 9.47. The lowest BCUT2D eigenvalue weighted by Crippen LogP contribution is -2.35. The molecule has 0 aliphatic heterocycles. The Labute approximate surface area is 199 Å². The third-order valence-electron chi connectivity index (χ3n) is 4.79. The Bertz CT molecular complexity index is 1070. The molecule has 0 radical (unpaired) electrons. The van der Waals surface area contributed by atoms with Crippen molar-refractivity contribution < 1.29 is 23.2 Å². The Morgan fingerprint density at radius 3 is 1.32 bits per heavy atom. The predicted octanol–water partition coefficient (Wildman–Crippen LogP) is 3.54. The summed E-state index contributed by atoms with van der Waals surface area (Å²) >= 11 is 0. The van der Waals surface area contributed by atoms with Crippen molar-refractivity contribution in [1.82, 2.24) is 10.0 Å². The lowest BCUT2D eigenvalue weighted by molar-refractivity contribution is -0.110. The molecule has 0 bridgehead atoms. The SMILES string of the molecule is CN(C)N(C=O)c1ccc(OP(=O)(Oc2ccc(N(C=O)N(C)C)cc2)c2ccccc2)cc1. The van der Waals surface area contributed by atoms with Gasteiger partial charge in [-0.2, -0.15) is 0 Å². The van der Waals surface area contributed by atoms with E-state index in [4.69, 9.17) is 9.05 Å². The number of nitrogens with zero attached hydrogens (tertiary/aromatic N) is 4. The highest BCUT2D eigenvalue weighted by Crippen LogP contribution is 2.48. The number of hydrogen-bond acceptors (Lipinski definition) is 7. The standard InChI is InChI=1S/C24H27N4O5P/c1-25(2)27(18-29)20-10-14-22(15-11-20)32-34(31,24-8-6-5-7-9-24)33-23-16-12-21(13-17-23)28(19-30)26(3)4/h5-19H,1-4H3. The molecule has 0 N–H and O–H groups in total. The summed E-state index contributed by atoms with van der Waals surface area (Å²) in [7, 11) is 3.15. The Morgan fingerprint density at radius 1 is 0.618 bits per heavy atom. The fourth-order valence-corrected chi connectivity index (χ4v) is 4.69. The summed E-state index contributed by atoms with van der Waals surface area (Å²) in [6.45, 7) is 0. The molecule has 0 aliphatic rings. The minimum absolute atomic E-state index is 0.317. The van der Waals surface area contributed by atoms with Crippen LogP contribution in [0.5, 0.6) is 11.5 Å². The van der Waals surface area contributed by atoms with E-state index in [1.807, 2.05) is 6.07 Å². The van der Waals surface area contributed by atoms with E-state index in [1.165, 1.54) is 10.0 Å². The summed E-state index contributed by atoms with van der Waals surface area (Å²) < 4.78 is 25.7. The van der Waals surface area contributed by atoms with E-state index in [-0.39, 0.29) is 0 Å². The lowest BCUT2D eigenvalue weighted by Gasteiger charge is -2.25. The molecule has 0 unspecified atom stereocenters. The highest BCUT2D eigenvalue weighted by atomic mass is 31.2. The number of rotatable bonds is 11. The van der Waals surface area contributed by atoms with Gasteiger partial charge >= 0.3 is 7.60 Å². The van der Waals surface area contributed by atoms with Crippen LogP contribution in [0.4, 0.5) is 11.4 Å². The van der Waals surface area contributed by atoms with Crippen molar-refractivity contribution in [2.75, 3.05) is 38.2 Å². The van der Waals surface area contributed by atoms with Gasteiger partial charge in [0.05, 0.1) is 16.7 Å². The molecule has 0 spiro atoms. The van der Waals surface area contributed by atoms with E-state index in [2.05, 4.69) is 0 Å². The second-order valence-electron chi connectivity index (χ2n) is 7.60. The number of amides is 2. The quantitative estimate of drug-likeness (QED) is 0.235. The number of carbonyl (C=O) groups is 2. The van der Waals surface area contributed by atoms with Crippen molar-refractivity contribution in [3.63, 3.8) is 0 Å². The molecular formula is C24H27N4O5P. The van der Waals surface area contributed by atoms with Crippen LogP contribution in [0.3, 0.4) is 0 Å². The van der Waals surface area contributed by atoms with Crippen molar-refractivity contribution in [2.24, 2.45) is 0 Å². The Morgan fingerprint density at radius 2 is 1.00 bits per heavy atom. The van der Waals surface area contributed by atoms with Crippen LogP contribution in [0.25, 0.3) is 0 Å². The molecule has 178 valence electrons. The predicted molar refractivity (Wildman–Crippen MR) is 132 cm³/mol. The Kier molecular flexibility index (Phi) is 8.07. The van der Waals surface area contributed by atoms with Gasteiger partial charge in [0.15, 0.2) is 0 Å². The van der Waals surface area contributed by atoms with Gasteiger partial charge in [0.2, 0.25) is 12.8 Å². The highest BCUT2D eigenvalue weighted by Gasteiger charge is 2.31. The van der Waals surface area contributed by atoms with Crippen molar-refractivity contribution in [2.45, 2.75) is 0 Å². The average molecular weight is 482 g/mol. The Balaban J connectivity index is 1.89. The zero-order valence-corrected chi connectivity index (χ0v) is 20.3. The van der Waals surface area contributed by atoms with Crippen LogP contribution in [0.1, 0.15) is 0 Å². The molecule has 34 heavy (non-hydrogen) atoms. The molecule has 0 saturated heterocycles. The van der Waals surface area contributed by atoms with Gasteiger partial charge in [-0.05, 0) is 60.7 Å². The number of hydrogen-bond donors (Lipinski definition) is 0. The van der Waals surface area contributed by atoms with E-state index in [0.29, 0.717) is 41.0 Å². The first kappa shape index (κ1) is 25.0. The smallest absolute Gasteiger partial charge is 0.413 e. The van der Waals surface area contributed by atoms with Gasteiger partial charge in [0.1, 0.15) is 11.5 Å². The van der Waals surface area contributed by atoms with Crippen molar-refractivity contribution in [1.29, 1.82) is 0 Å². The summed E-state index contributed by atoms with van der Waals surface area (Å²) in [4.78, 5) is 22.7. The number of carbonyl (C=O) groups excluding carboxylic acids is 2. The number of hydrazine groups is 2. The van der Waals surface area contributed by atoms with Crippen LogP contribution >= 0.6 is 7.60 Å². The van der Waals surface area contributed by atoms with Crippen LogP contribution in [-0.4, -0.2) is 51.0 Å². The van der Waals surface area contributed by atoms with Crippen LogP contribution in [0.2, 0.25) is 0 Å². The van der Waals surface area contributed by atoms with Crippen LogP contribution < -0.4 is 24.4 Å². The maximum atomic E-state index is 13.9. The van der Waals surface area contributed by atoms with E-state index in [0.717, 1.165) is 0 Å². The van der Waals surface area contributed by atoms with Crippen LogP contribution in [0, 0.1) is 0 Å². The van der Waals surface area contributed by atoms with Gasteiger partial charge in [0.25, 0.3) is 0 Å². The third kappa shape index (κ3) is 5.82. The average Bonchev–Trinajstić information content (AvgIpc) is 2.82. The number of anilines is 2. The normalized spacial score (nSPS) is 11.2. The molecule has 0 saturated carbocycles. The summed E-state index contributed by atoms with van der Waals surface area (Å²) in [6, 6.07) is 21.9. The molecule has 0 heterocycles. The lowest BCUT2D eigenvalue weighted by atomic mass is 10.3. The zero-order valence-electron chi connectivity index (χ0n) is 19.4. The zero-order chi connectivity index (χ0) is 24.7. The molecule has 0 aliphatic carbocycles. The van der Waals surface area contributed by atoms with Gasteiger partial charge in [-0.1, -0.05) is 18.2 Å². The van der Waals surface area contributed by atoms with Crippen LogP contribution in [0.15, 0.2) is 78.9 Å². The van der Waals surface area contributed by atoms with Gasteiger partial charge < -0.3 is 9.05 Å². The molecule has 0 fully saturated rings. The van der Waals surface area contributed by atoms with Crippen molar-refractivity contribution in [3.05, 3.63) is 78.9 Å². The summed E-state index contributed by atoms with van der Waals surface area (Å²) in [5.74, 6) is 0.633. The van der Waals surface area contributed by atoms with Crippen LogP contribution in [-0.2, 0) is 14.2 Å². The molecule has 2 amide bonds. The molecule has 10 heteroatoms. The Hall–Kier alpha value is -3.65. The molecular weight excluding hydrogens is 455 g/mol. The fraction of sp³-hybridized carbons (Fsp3) is 0.167. The highest BCUT2D eigenvalue weighted by molar-refractivity contribution is 7.63. The van der Waals surface area contributed by atoms with E-state index < -0.39 is 7.60 Å². The van der Waals surface area contributed by atoms with Crippen molar-refractivity contribution >= 4 is 37.1 Å². The summed E-state index contributed by atoms with van der Waals surface area (Å²) in [5, 5.41) is 6.47. The minimum Gasteiger partial charge on any atom is -0.413 e. The molecule has 0 aromatic heterocycles. The monoisotopic (exact) mass is 482 g/mol. The van der Waals surface area contributed by atoms with Gasteiger partial charge in [-0.3, -0.25) is 9.59 Å². The maximum Gasteiger partial charge on any atom is 0.462 e. The molecule has 3 rings (SSSR count). The molecule has 3 aromatic carbocycles. The fourth-order valence-electron chi connectivity index (χ4n) is 3.10. The minimum atomic E-state index is -3.83. The second kappa shape index (κ2) is 11.0. The first-order valence-electron chi connectivity index (χ1n) is 10.4. The molecule has 3 aromatic rings. The van der Waals surface area contributed by atoms with Gasteiger partial charge in [0, 0.05) is 28.2 Å². The van der Waals surface area contributed by atoms with E-state index in [9.17, 15) is 14.2 Å². The molecule has 0 atom stereocenters.